The number of aromatic nitrogens is 1. The molecule has 18 heavy (non-hydrogen) atoms. The normalized spacial score (nSPS) is 10.9. The molecule has 0 aliphatic carbocycles. The number of hydrogen-bond donors (Lipinski definition) is 1. The summed E-state index contributed by atoms with van der Waals surface area (Å²) in [6.07, 6.45) is 0. The first-order valence-corrected chi connectivity index (χ1v) is 5.75. The van der Waals surface area contributed by atoms with Gasteiger partial charge >= 0.3 is 5.97 Å². The minimum atomic E-state index is -0.936. The lowest BCUT2D eigenvalue weighted by molar-refractivity contribution is 0.0699. The van der Waals surface area contributed by atoms with Gasteiger partial charge in [-0.2, -0.15) is 0 Å². The Bertz CT molecular complexity index is 605. The Hall–Kier alpha value is -2.10. The third-order valence-corrected chi connectivity index (χ3v) is 2.86. The molecule has 1 N–H and O–H groups in total. The van der Waals surface area contributed by atoms with Crippen molar-refractivity contribution in [2.75, 3.05) is 7.11 Å². The van der Waals surface area contributed by atoms with Gasteiger partial charge in [-0.25, -0.2) is 4.79 Å². The number of methoxy groups -OCH3 is 1. The summed E-state index contributed by atoms with van der Waals surface area (Å²) >= 11 is 0. The van der Waals surface area contributed by atoms with E-state index in [-0.39, 0.29) is 11.5 Å². The first-order chi connectivity index (χ1) is 8.52. The average Bonchev–Trinajstić information content (AvgIpc) is 2.36. The maximum Gasteiger partial charge on any atom is 0.336 e. The lowest BCUT2D eigenvalue weighted by Gasteiger charge is -2.10. The molecular weight excluding hydrogens is 230 g/mol. The number of carboxylic acids is 1. The molecule has 4 heteroatoms. The standard InChI is InChI=1S/C14H15NO3/c1-8(2)12-7-11(14(16)17)10-5-4-9(18-3)6-13(10)15-12/h4-8H,1-3H3,(H,16,17). The van der Waals surface area contributed by atoms with Gasteiger partial charge in [-0.1, -0.05) is 13.8 Å². The number of nitrogens with zero attached hydrogens (tertiary/aromatic N) is 1. The number of carboxylic acid groups (broad SMARTS) is 1. The van der Waals surface area contributed by atoms with Crippen LogP contribution in [0.4, 0.5) is 0 Å². The zero-order valence-electron chi connectivity index (χ0n) is 10.6. The minimum absolute atomic E-state index is 0.179. The third-order valence-electron chi connectivity index (χ3n) is 2.86. The first kappa shape index (κ1) is 12.4. The van der Waals surface area contributed by atoms with Crippen molar-refractivity contribution < 1.29 is 14.6 Å². The van der Waals surface area contributed by atoms with E-state index in [0.717, 1.165) is 5.69 Å². The van der Waals surface area contributed by atoms with Gasteiger partial charge in [0, 0.05) is 17.1 Å². The second-order valence-corrected chi connectivity index (χ2v) is 4.44. The highest BCUT2D eigenvalue weighted by Crippen LogP contribution is 2.25. The highest BCUT2D eigenvalue weighted by atomic mass is 16.5. The molecule has 0 radical (unpaired) electrons. The van der Waals surface area contributed by atoms with E-state index >= 15 is 0 Å². The van der Waals surface area contributed by atoms with Crippen molar-refractivity contribution in [2.24, 2.45) is 0 Å². The monoisotopic (exact) mass is 245 g/mol. The Labute approximate surface area is 105 Å². The molecule has 0 aliphatic rings. The lowest BCUT2D eigenvalue weighted by atomic mass is 10.0. The number of carbonyl (C=O) groups is 1. The second kappa shape index (κ2) is 4.64. The van der Waals surface area contributed by atoms with Crippen LogP contribution in [0.25, 0.3) is 10.9 Å². The largest absolute Gasteiger partial charge is 0.497 e. The molecule has 0 unspecified atom stereocenters. The van der Waals surface area contributed by atoms with E-state index in [2.05, 4.69) is 4.98 Å². The van der Waals surface area contributed by atoms with E-state index in [1.54, 1.807) is 31.4 Å². The fourth-order valence-electron chi connectivity index (χ4n) is 1.83. The predicted molar refractivity (Wildman–Crippen MR) is 69.3 cm³/mol. The van der Waals surface area contributed by atoms with Crippen molar-refractivity contribution in [2.45, 2.75) is 19.8 Å². The van der Waals surface area contributed by atoms with Crippen molar-refractivity contribution in [3.05, 3.63) is 35.5 Å². The van der Waals surface area contributed by atoms with Crippen LogP contribution in [0.5, 0.6) is 5.75 Å². The molecule has 0 atom stereocenters. The zero-order chi connectivity index (χ0) is 13.3. The van der Waals surface area contributed by atoms with E-state index < -0.39 is 5.97 Å². The Morgan fingerprint density at radius 3 is 2.61 bits per heavy atom. The van der Waals surface area contributed by atoms with Gasteiger partial charge in [-0.05, 0) is 24.1 Å². The number of rotatable bonds is 3. The second-order valence-electron chi connectivity index (χ2n) is 4.44. The third kappa shape index (κ3) is 2.14. The Balaban J connectivity index is 2.76. The molecule has 2 rings (SSSR count). The molecule has 0 bridgehead atoms. The molecule has 0 saturated heterocycles. The van der Waals surface area contributed by atoms with Crippen LogP contribution in [-0.2, 0) is 0 Å². The molecule has 1 aromatic carbocycles. The summed E-state index contributed by atoms with van der Waals surface area (Å²) in [6.45, 7) is 3.97. The van der Waals surface area contributed by atoms with Crippen molar-refractivity contribution in [1.82, 2.24) is 4.98 Å². The topological polar surface area (TPSA) is 59.4 Å². The van der Waals surface area contributed by atoms with Crippen LogP contribution in [0, 0.1) is 0 Å². The summed E-state index contributed by atoms with van der Waals surface area (Å²) in [7, 11) is 1.57. The van der Waals surface area contributed by atoms with Gasteiger partial charge in [-0.15, -0.1) is 0 Å². The van der Waals surface area contributed by atoms with Gasteiger partial charge < -0.3 is 9.84 Å². The van der Waals surface area contributed by atoms with Gasteiger partial charge in [0.15, 0.2) is 0 Å². The van der Waals surface area contributed by atoms with Crippen LogP contribution in [0.2, 0.25) is 0 Å². The van der Waals surface area contributed by atoms with Gasteiger partial charge in [0.1, 0.15) is 5.75 Å². The van der Waals surface area contributed by atoms with E-state index in [1.165, 1.54) is 0 Å². The van der Waals surface area contributed by atoms with Crippen molar-refractivity contribution in [1.29, 1.82) is 0 Å². The van der Waals surface area contributed by atoms with E-state index in [4.69, 9.17) is 4.74 Å². The van der Waals surface area contributed by atoms with Gasteiger partial charge in [-0.3, -0.25) is 4.98 Å². The summed E-state index contributed by atoms with van der Waals surface area (Å²) in [5.41, 5.74) is 1.71. The maximum atomic E-state index is 11.3. The predicted octanol–water partition coefficient (Wildman–Crippen LogP) is 3.07. The number of pyridine rings is 1. The van der Waals surface area contributed by atoms with Crippen molar-refractivity contribution in [3.63, 3.8) is 0 Å². The molecule has 94 valence electrons. The molecule has 0 amide bonds. The number of hydrogen-bond acceptors (Lipinski definition) is 3. The van der Waals surface area contributed by atoms with Crippen LogP contribution in [0.15, 0.2) is 24.3 Å². The number of aromatic carboxylic acids is 1. The summed E-state index contributed by atoms with van der Waals surface area (Å²) in [6, 6.07) is 6.87. The van der Waals surface area contributed by atoms with Crippen molar-refractivity contribution >= 4 is 16.9 Å². The summed E-state index contributed by atoms with van der Waals surface area (Å²) < 4.78 is 5.14. The van der Waals surface area contributed by atoms with Crippen LogP contribution >= 0.6 is 0 Å². The van der Waals surface area contributed by atoms with Crippen LogP contribution in [-0.4, -0.2) is 23.2 Å². The lowest BCUT2D eigenvalue weighted by Crippen LogP contribution is -2.03. The summed E-state index contributed by atoms with van der Waals surface area (Å²) in [4.78, 5) is 15.8. The van der Waals surface area contributed by atoms with Crippen molar-refractivity contribution in [3.8, 4) is 5.75 Å². The molecule has 1 heterocycles. The molecule has 0 aliphatic heterocycles. The SMILES string of the molecule is COc1ccc2c(C(=O)O)cc(C(C)C)nc2c1. The van der Waals surface area contributed by atoms with E-state index in [0.29, 0.717) is 16.7 Å². The number of benzene rings is 1. The van der Waals surface area contributed by atoms with Crippen LogP contribution in [0.3, 0.4) is 0 Å². The number of fused-ring (bicyclic) bond motifs is 1. The molecule has 2 aromatic rings. The summed E-state index contributed by atoms with van der Waals surface area (Å²) in [5, 5.41) is 9.89. The first-order valence-electron chi connectivity index (χ1n) is 5.75. The molecule has 4 nitrogen and oxygen atoms in total. The van der Waals surface area contributed by atoms with Gasteiger partial charge in [0.05, 0.1) is 18.2 Å². The molecule has 0 spiro atoms. The quantitative estimate of drug-likeness (QED) is 0.902. The fourth-order valence-corrected chi connectivity index (χ4v) is 1.83. The molecular formula is C14H15NO3. The van der Waals surface area contributed by atoms with E-state index in [1.807, 2.05) is 13.8 Å². The minimum Gasteiger partial charge on any atom is -0.497 e. The van der Waals surface area contributed by atoms with Crippen LogP contribution in [0.1, 0.15) is 35.8 Å². The van der Waals surface area contributed by atoms with Crippen LogP contribution < -0.4 is 4.74 Å². The Morgan fingerprint density at radius 1 is 1.33 bits per heavy atom. The highest BCUT2D eigenvalue weighted by Gasteiger charge is 2.13. The molecule has 0 fully saturated rings. The number of ether oxygens (including phenoxy) is 1. The smallest absolute Gasteiger partial charge is 0.336 e. The average molecular weight is 245 g/mol. The van der Waals surface area contributed by atoms with Gasteiger partial charge in [0.25, 0.3) is 0 Å². The van der Waals surface area contributed by atoms with E-state index in [9.17, 15) is 9.90 Å². The maximum absolute atomic E-state index is 11.3. The molecule has 0 saturated carbocycles. The summed E-state index contributed by atoms with van der Waals surface area (Å²) in [5.74, 6) is -0.0830. The zero-order valence-corrected chi connectivity index (χ0v) is 10.6. The fraction of sp³-hybridized carbons (Fsp3) is 0.286. The molecule has 1 aromatic heterocycles. The Morgan fingerprint density at radius 2 is 2.06 bits per heavy atom. The van der Waals surface area contributed by atoms with Gasteiger partial charge in [0.2, 0.25) is 0 Å². The Kier molecular flexibility index (Phi) is 3.19. The highest BCUT2D eigenvalue weighted by molar-refractivity contribution is 6.02.